The number of methoxy groups -OCH3 is 2. The van der Waals surface area contributed by atoms with E-state index in [2.05, 4.69) is 16.0 Å². The molecule has 0 unspecified atom stereocenters. The van der Waals surface area contributed by atoms with Crippen molar-refractivity contribution < 1.29 is 18.3 Å². The van der Waals surface area contributed by atoms with E-state index in [9.17, 15) is 8.78 Å². The Labute approximate surface area is 204 Å². The van der Waals surface area contributed by atoms with Crippen molar-refractivity contribution in [2.45, 2.75) is 13.0 Å². The van der Waals surface area contributed by atoms with Crippen molar-refractivity contribution in [3.63, 3.8) is 0 Å². The number of benzene rings is 3. The summed E-state index contributed by atoms with van der Waals surface area (Å²) in [5.74, 6) is 0.000584. The monoisotopic (exact) mass is 491 g/mol. The number of ether oxygens (including phenoxy) is 2. The number of nitrogens with zero attached hydrogens (tertiary/aromatic N) is 2. The molecule has 1 N–H and O–H groups in total. The van der Waals surface area contributed by atoms with Crippen molar-refractivity contribution in [1.82, 2.24) is 9.55 Å². The van der Waals surface area contributed by atoms with Crippen LogP contribution in [0.3, 0.4) is 0 Å². The summed E-state index contributed by atoms with van der Waals surface area (Å²) in [6, 6.07) is 17.2. The van der Waals surface area contributed by atoms with Crippen LogP contribution in [-0.2, 0) is 13.0 Å². The molecule has 0 bridgehead atoms. The predicted octanol–water partition coefficient (Wildman–Crippen LogP) is 6.47. The maximum absolute atomic E-state index is 14.4. The number of nitrogens with one attached hydrogen (secondary N) is 1. The van der Waals surface area contributed by atoms with Gasteiger partial charge in [-0.05, 0) is 42.3 Å². The van der Waals surface area contributed by atoms with Crippen molar-refractivity contribution in [3.8, 4) is 22.8 Å². The number of aromatic nitrogens is 2. The Morgan fingerprint density at radius 2 is 1.86 bits per heavy atom. The standard InChI is InChI=1S/C27H23F2N3O2S/c1-33-19-8-9-21(26(14-19)34-2)25-16-35-27(31-24-10-7-18(28)13-22(24)29)32(25)12-11-17-15-30-23-6-4-3-5-20(17)23/h3-10,13-16,30H,11-12H2,1-2H3. The van der Waals surface area contributed by atoms with Gasteiger partial charge in [0.1, 0.15) is 23.0 Å². The highest BCUT2D eigenvalue weighted by Gasteiger charge is 2.15. The second-order valence-electron chi connectivity index (χ2n) is 7.94. The molecule has 0 saturated heterocycles. The molecule has 0 amide bonds. The number of aryl methyl sites for hydroxylation is 1. The molecule has 0 saturated carbocycles. The van der Waals surface area contributed by atoms with Crippen LogP contribution < -0.4 is 14.3 Å². The average Bonchev–Trinajstić information content (AvgIpc) is 3.47. The van der Waals surface area contributed by atoms with Gasteiger partial charge in [-0.2, -0.15) is 0 Å². The lowest BCUT2D eigenvalue weighted by molar-refractivity contribution is 0.395. The zero-order valence-electron chi connectivity index (χ0n) is 19.2. The minimum Gasteiger partial charge on any atom is -0.497 e. The van der Waals surface area contributed by atoms with Crippen molar-refractivity contribution in [2.24, 2.45) is 4.99 Å². The van der Waals surface area contributed by atoms with Crippen LogP contribution in [0.25, 0.3) is 22.2 Å². The van der Waals surface area contributed by atoms with Gasteiger partial charge in [0.2, 0.25) is 0 Å². The molecule has 8 heteroatoms. The summed E-state index contributed by atoms with van der Waals surface area (Å²) in [5.41, 5.74) is 4.08. The summed E-state index contributed by atoms with van der Waals surface area (Å²) >= 11 is 1.39. The molecule has 2 heterocycles. The lowest BCUT2D eigenvalue weighted by atomic mass is 10.1. The second-order valence-corrected chi connectivity index (χ2v) is 8.77. The van der Waals surface area contributed by atoms with Crippen molar-refractivity contribution >= 4 is 27.9 Å². The molecule has 5 aromatic rings. The van der Waals surface area contributed by atoms with Crippen LogP contribution in [0, 0.1) is 11.6 Å². The third-order valence-corrected chi connectivity index (χ3v) is 6.75. The minimum absolute atomic E-state index is 0.0855. The summed E-state index contributed by atoms with van der Waals surface area (Å²) < 4.78 is 40.9. The van der Waals surface area contributed by atoms with Gasteiger partial charge in [0.15, 0.2) is 10.6 Å². The maximum atomic E-state index is 14.4. The lowest BCUT2D eigenvalue weighted by Crippen LogP contribution is -2.17. The predicted molar refractivity (Wildman–Crippen MR) is 134 cm³/mol. The Kier molecular flexibility index (Phi) is 6.37. The van der Waals surface area contributed by atoms with Gasteiger partial charge in [-0.15, -0.1) is 11.3 Å². The molecule has 35 heavy (non-hydrogen) atoms. The number of thiazole rings is 1. The van der Waals surface area contributed by atoms with E-state index in [-0.39, 0.29) is 5.69 Å². The minimum atomic E-state index is -0.704. The van der Waals surface area contributed by atoms with Crippen molar-refractivity contribution in [2.75, 3.05) is 14.2 Å². The number of rotatable bonds is 7. The van der Waals surface area contributed by atoms with Gasteiger partial charge in [-0.25, -0.2) is 13.8 Å². The summed E-state index contributed by atoms with van der Waals surface area (Å²) in [6.07, 6.45) is 2.74. The number of hydrogen-bond acceptors (Lipinski definition) is 4. The third-order valence-electron chi connectivity index (χ3n) is 5.89. The lowest BCUT2D eigenvalue weighted by Gasteiger charge is -2.13. The molecular formula is C27H23F2N3O2S. The molecule has 0 aliphatic rings. The Morgan fingerprint density at radius 3 is 2.66 bits per heavy atom. The van der Waals surface area contributed by atoms with Crippen molar-refractivity contribution in [1.29, 1.82) is 0 Å². The normalized spacial score (nSPS) is 11.8. The van der Waals surface area contributed by atoms with Crippen LogP contribution in [0.1, 0.15) is 5.56 Å². The van der Waals surface area contributed by atoms with E-state index in [1.807, 2.05) is 52.5 Å². The summed E-state index contributed by atoms with van der Waals surface area (Å²) in [5, 5.41) is 3.13. The van der Waals surface area contributed by atoms with E-state index in [1.54, 1.807) is 14.2 Å². The van der Waals surface area contributed by atoms with Crippen LogP contribution in [0.15, 0.2) is 77.2 Å². The van der Waals surface area contributed by atoms with Crippen LogP contribution in [0.2, 0.25) is 0 Å². The number of hydrogen-bond donors (Lipinski definition) is 1. The van der Waals surface area contributed by atoms with E-state index in [0.717, 1.165) is 34.6 Å². The van der Waals surface area contributed by atoms with E-state index in [4.69, 9.17) is 9.47 Å². The second kappa shape index (κ2) is 9.76. The fraction of sp³-hybridized carbons (Fsp3) is 0.148. The summed E-state index contributed by atoms with van der Waals surface area (Å²) in [4.78, 5) is 8.46. The molecule has 5 nitrogen and oxygen atoms in total. The highest BCUT2D eigenvalue weighted by Crippen LogP contribution is 2.34. The number of halogens is 2. The van der Waals surface area contributed by atoms with E-state index < -0.39 is 11.6 Å². The first-order valence-corrected chi connectivity index (χ1v) is 11.9. The Hall–Kier alpha value is -3.91. The molecule has 178 valence electrons. The van der Waals surface area contributed by atoms with Crippen LogP contribution in [0.4, 0.5) is 14.5 Å². The first kappa shape index (κ1) is 22.9. The molecular weight excluding hydrogens is 468 g/mol. The smallest absolute Gasteiger partial charge is 0.190 e. The quantitative estimate of drug-likeness (QED) is 0.284. The molecule has 0 aliphatic carbocycles. The summed E-state index contributed by atoms with van der Waals surface area (Å²) in [6.45, 7) is 0.595. The van der Waals surface area contributed by atoms with Gasteiger partial charge in [0.25, 0.3) is 0 Å². The highest BCUT2D eigenvalue weighted by molar-refractivity contribution is 7.07. The number of H-pyrrole nitrogens is 1. The molecule has 0 aliphatic heterocycles. The van der Waals surface area contributed by atoms with Gasteiger partial charge < -0.3 is 19.0 Å². The highest BCUT2D eigenvalue weighted by atomic mass is 32.1. The average molecular weight is 492 g/mol. The van der Waals surface area contributed by atoms with Gasteiger partial charge >= 0.3 is 0 Å². The topological polar surface area (TPSA) is 51.5 Å². The maximum Gasteiger partial charge on any atom is 0.190 e. The molecule has 0 atom stereocenters. The fourth-order valence-corrected chi connectivity index (χ4v) is 5.05. The SMILES string of the molecule is COc1ccc(-c2csc(=Nc3ccc(F)cc3F)n2CCc2c[nH]c3ccccc23)c(OC)c1. The van der Waals surface area contributed by atoms with Gasteiger partial charge in [0.05, 0.1) is 19.9 Å². The first-order valence-electron chi connectivity index (χ1n) is 11.0. The van der Waals surface area contributed by atoms with Gasteiger partial charge in [0, 0.05) is 46.7 Å². The molecule has 0 radical (unpaired) electrons. The van der Waals surface area contributed by atoms with Gasteiger partial charge in [-0.1, -0.05) is 18.2 Å². The zero-order chi connectivity index (χ0) is 24.4. The number of para-hydroxylation sites is 1. The molecule has 0 fully saturated rings. The number of aromatic amines is 1. The molecule has 3 aromatic carbocycles. The Bertz CT molecular complexity index is 1570. The largest absolute Gasteiger partial charge is 0.497 e. The van der Waals surface area contributed by atoms with Crippen LogP contribution in [0.5, 0.6) is 11.5 Å². The first-order chi connectivity index (χ1) is 17.1. The van der Waals surface area contributed by atoms with Crippen molar-refractivity contribution in [3.05, 3.63) is 94.2 Å². The van der Waals surface area contributed by atoms with E-state index >= 15 is 0 Å². The van der Waals surface area contributed by atoms with Crippen LogP contribution >= 0.6 is 11.3 Å². The van der Waals surface area contributed by atoms with E-state index in [0.29, 0.717) is 22.8 Å². The summed E-state index contributed by atoms with van der Waals surface area (Å²) in [7, 11) is 3.22. The molecule has 5 rings (SSSR count). The Morgan fingerprint density at radius 1 is 1.00 bits per heavy atom. The molecule has 2 aromatic heterocycles. The van der Waals surface area contributed by atoms with E-state index in [1.165, 1.54) is 29.0 Å². The number of fused-ring (bicyclic) bond motifs is 1. The van der Waals surface area contributed by atoms with Gasteiger partial charge in [-0.3, -0.25) is 0 Å². The molecule has 0 spiro atoms. The zero-order valence-corrected chi connectivity index (χ0v) is 20.0. The third kappa shape index (κ3) is 4.57. The Balaban J connectivity index is 1.62. The van der Waals surface area contributed by atoms with Crippen LogP contribution in [-0.4, -0.2) is 23.8 Å². The fourth-order valence-electron chi connectivity index (χ4n) is 4.11.